The number of carbonyl (C=O) groups is 2. The Kier molecular flexibility index (Phi) is 5.80. The number of anilines is 1. The molecule has 0 radical (unpaired) electrons. The van der Waals surface area contributed by atoms with Gasteiger partial charge >= 0.3 is 6.18 Å². The Morgan fingerprint density at radius 2 is 1.72 bits per heavy atom. The summed E-state index contributed by atoms with van der Waals surface area (Å²) in [5, 5.41) is 7.49. The van der Waals surface area contributed by atoms with Crippen LogP contribution in [0.3, 0.4) is 0 Å². The van der Waals surface area contributed by atoms with E-state index in [9.17, 15) is 22.8 Å². The van der Waals surface area contributed by atoms with Gasteiger partial charge in [0.2, 0.25) is 0 Å². The molecule has 1 aromatic heterocycles. The topological polar surface area (TPSA) is 90.0 Å². The van der Waals surface area contributed by atoms with Crippen LogP contribution in [0.4, 0.5) is 18.9 Å². The van der Waals surface area contributed by atoms with Gasteiger partial charge in [0.25, 0.3) is 11.8 Å². The Labute approximate surface area is 208 Å². The third-order valence-electron chi connectivity index (χ3n) is 6.04. The van der Waals surface area contributed by atoms with Gasteiger partial charge in [0, 0.05) is 16.8 Å². The molecule has 36 heavy (non-hydrogen) atoms. The maximum atomic E-state index is 13.1. The molecule has 0 bridgehead atoms. The van der Waals surface area contributed by atoms with E-state index in [1.807, 2.05) is 6.07 Å². The van der Waals surface area contributed by atoms with Crippen LogP contribution in [-0.4, -0.2) is 21.6 Å². The number of aromatic nitrogens is 2. The second kappa shape index (κ2) is 8.83. The third-order valence-corrected chi connectivity index (χ3v) is 6.37. The lowest BCUT2D eigenvalue weighted by atomic mass is 9.88. The fourth-order valence-electron chi connectivity index (χ4n) is 4.34. The Morgan fingerprint density at radius 1 is 1.00 bits per heavy atom. The van der Waals surface area contributed by atoms with Crippen LogP contribution in [-0.2, 0) is 19.0 Å². The van der Waals surface area contributed by atoms with Crippen molar-refractivity contribution in [2.24, 2.45) is 5.73 Å². The quantitative estimate of drug-likeness (QED) is 0.371. The molecule has 3 N–H and O–H groups in total. The van der Waals surface area contributed by atoms with E-state index in [2.05, 4.69) is 10.4 Å². The number of aryl methyl sites for hydroxylation is 1. The number of amides is 2. The van der Waals surface area contributed by atoms with E-state index >= 15 is 0 Å². The van der Waals surface area contributed by atoms with Crippen LogP contribution in [0.5, 0.6) is 0 Å². The highest BCUT2D eigenvalue weighted by molar-refractivity contribution is 6.34. The first kappa shape index (κ1) is 23.6. The lowest BCUT2D eigenvalue weighted by Gasteiger charge is -2.20. The number of alkyl halides is 3. The Morgan fingerprint density at radius 3 is 2.39 bits per heavy atom. The van der Waals surface area contributed by atoms with Crippen molar-refractivity contribution in [1.82, 2.24) is 9.78 Å². The lowest BCUT2D eigenvalue weighted by molar-refractivity contribution is -0.137. The number of primary amides is 1. The highest BCUT2D eigenvalue weighted by Gasteiger charge is 2.31. The first-order valence-corrected chi connectivity index (χ1v) is 11.3. The first-order valence-electron chi connectivity index (χ1n) is 10.9. The summed E-state index contributed by atoms with van der Waals surface area (Å²) in [7, 11) is 0. The number of nitrogens with one attached hydrogen (secondary N) is 1. The molecule has 4 aromatic rings. The van der Waals surface area contributed by atoms with E-state index in [4.69, 9.17) is 17.3 Å². The van der Waals surface area contributed by atoms with E-state index in [1.54, 1.807) is 36.4 Å². The summed E-state index contributed by atoms with van der Waals surface area (Å²) in [6.07, 6.45) is -3.41. The number of nitrogens with zero attached hydrogens (tertiary/aromatic N) is 2. The minimum atomic E-state index is -4.48. The molecular formula is C26H18ClF3N4O2. The summed E-state index contributed by atoms with van der Waals surface area (Å²) in [5.41, 5.74) is 8.72. The molecule has 1 aliphatic rings. The van der Waals surface area contributed by atoms with Crippen molar-refractivity contribution in [3.8, 4) is 16.9 Å². The number of rotatable bonds is 4. The molecule has 3 aromatic carbocycles. The van der Waals surface area contributed by atoms with Gasteiger partial charge in [-0.15, -0.1) is 0 Å². The summed E-state index contributed by atoms with van der Waals surface area (Å²) in [5.74, 6) is -1.13. The van der Waals surface area contributed by atoms with E-state index in [-0.39, 0.29) is 5.69 Å². The lowest BCUT2D eigenvalue weighted by Crippen LogP contribution is -2.15. The summed E-state index contributed by atoms with van der Waals surface area (Å²) in [4.78, 5) is 24.9. The average Bonchev–Trinajstić information content (AvgIpc) is 3.24. The summed E-state index contributed by atoms with van der Waals surface area (Å²) in [6.45, 7) is 0. The highest BCUT2D eigenvalue weighted by atomic mass is 35.5. The molecule has 0 saturated heterocycles. The smallest absolute Gasteiger partial charge is 0.364 e. The van der Waals surface area contributed by atoms with Gasteiger partial charge in [-0.2, -0.15) is 18.3 Å². The number of hydrogen-bond acceptors (Lipinski definition) is 3. The van der Waals surface area contributed by atoms with Gasteiger partial charge in [-0.05, 0) is 66.9 Å². The second-order valence-corrected chi connectivity index (χ2v) is 8.71. The maximum Gasteiger partial charge on any atom is 0.416 e. The normalized spacial score (nSPS) is 12.6. The fourth-order valence-corrected chi connectivity index (χ4v) is 4.56. The van der Waals surface area contributed by atoms with Crippen molar-refractivity contribution in [3.05, 3.63) is 99.7 Å². The summed E-state index contributed by atoms with van der Waals surface area (Å²) >= 11 is 6.14. The van der Waals surface area contributed by atoms with Crippen LogP contribution in [0.2, 0.25) is 5.02 Å². The second-order valence-electron chi connectivity index (χ2n) is 8.30. The third kappa shape index (κ3) is 4.22. The highest BCUT2D eigenvalue weighted by Crippen LogP contribution is 2.39. The van der Waals surface area contributed by atoms with Gasteiger partial charge in [-0.1, -0.05) is 29.8 Å². The zero-order valence-electron chi connectivity index (χ0n) is 18.6. The van der Waals surface area contributed by atoms with Crippen molar-refractivity contribution in [2.45, 2.75) is 19.0 Å². The molecule has 6 nitrogen and oxygen atoms in total. The van der Waals surface area contributed by atoms with E-state index in [0.717, 1.165) is 17.7 Å². The zero-order valence-corrected chi connectivity index (χ0v) is 19.3. The average molecular weight is 511 g/mol. The maximum absolute atomic E-state index is 13.1. The standard InChI is InChI=1S/C26H18ClF3N4O2/c27-21-4-2-1-3-18(21)25(36)32-16-9-5-14-6-12-19-22(24(31)35)33-34(23(19)20(14)13-16)17-10-7-15(8-11-17)26(28,29)30/h1-5,7-11,13H,6,12H2,(H2,31,35)(H,32,36). The van der Waals surface area contributed by atoms with Crippen LogP contribution in [0.25, 0.3) is 16.9 Å². The van der Waals surface area contributed by atoms with Crippen LogP contribution in [0, 0.1) is 0 Å². The van der Waals surface area contributed by atoms with Gasteiger partial charge in [-0.25, -0.2) is 4.68 Å². The number of carbonyl (C=O) groups excluding carboxylic acids is 2. The molecule has 0 unspecified atom stereocenters. The number of halogens is 4. The Balaban J connectivity index is 1.59. The number of nitrogens with two attached hydrogens (primary N) is 1. The van der Waals surface area contributed by atoms with E-state index in [0.29, 0.717) is 51.6 Å². The molecule has 182 valence electrons. The number of benzene rings is 3. The SMILES string of the molecule is NC(=O)c1nn(-c2ccc(C(F)(F)F)cc2)c2c1CCc1ccc(NC(=O)c3ccccc3Cl)cc1-2. The van der Waals surface area contributed by atoms with Crippen LogP contribution >= 0.6 is 11.6 Å². The van der Waals surface area contributed by atoms with Gasteiger partial charge < -0.3 is 11.1 Å². The van der Waals surface area contributed by atoms with Gasteiger partial charge in [-0.3, -0.25) is 9.59 Å². The molecule has 0 atom stereocenters. The Bertz CT molecular complexity index is 1510. The van der Waals surface area contributed by atoms with Gasteiger partial charge in [0.15, 0.2) is 5.69 Å². The van der Waals surface area contributed by atoms with Crippen molar-refractivity contribution < 1.29 is 22.8 Å². The molecule has 2 amide bonds. The molecule has 0 saturated carbocycles. The van der Waals surface area contributed by atoms with E-state index < -0.39 is 23.6 Å². The molecule has 10 heteroatoms. The van der Waals surface area contributed by atoms with Crippen LogP contribution in [0.1, 0.15) is 37.5 Å². The predicted molar refractivity (Wildman–Crippen MR) is 129 cm³/mol. The van der Waals surface area contributed by atoms with Crippen LogP contribution in [0.15, 0.2) is 66.7 Å². The van der Waals surface area contributed by atoms with Crippen molar-refractivity contribution >= 4 is 29.1 Å². The van der Waals surface area contributed by atoms with Gasteiger partial charge in [0.1, 0.15) is 0 Å². The molecule has 0 fully saturated rings. The molecule has 1 aliphatic carbocycles. The monoisotopic (exact) mass is 510 g/mol. The molecule has 0 aliphatic heterocycles. The number of fused-ring (bicyclic) bond motifs is 3. The predicted octanol–water partition coefficient (Wildman–Crippen LogP) is 5.66. The molecular weight excluding hydrogens is 493 g/mol. The van der Waals surface area contributed by atoms with Crippen molar-refractivity contribution in [3.63, 3.8) is 0 Å². The largest absolute Gasteiger partial charge is 0.416 e. The molecule has 1 heterocycles. The van der Waals surface area contributed by atoms with Gasteiger partial charge in [0.05, 0.1) is 27.5 Å². The number of hydrogen-bond donors (Lipinski definition) is 2. The molecule has 0 spiro atoms. The minimum Gasteiger partial charge on any atom is -0.364 e. The fraction of sp³-hybridized carbons (Fsp3) is 0.115. The van der Waals surface area contributed by atoms with E-state index in [1.165, 1.54) is 16.8 Å². The minimum absolute atomic E-state index is 0.0565. The summed E-state index contributed by atoms with van der Waals surface area (Å²) in [6, 6.07) is 16.5. The van der Waals surface area contributed by atoms with Crippen molar-refractivity contribution in [2.75, 3.05) is 5.32 Å². The van der Waals surface area contributed by atoms with Crippen molar-refractivity contribution in [1.29, 1.82) is 0 Å². The van der Waals surface area contributed by atoms with Crippen LogP contribution < -0.4 is 11.1 Å². The first-order chi connectivity index (χ1) is 17.1. The Hall–Kier alpha value is -4.11. The summed E-state index contributed by atoms with van der Waals surface area (Å²) < 4.78 is 40.6. The molecule has 5 rings (SSSR count). The zero-order chi connectivity index (χ0) is 25.6.